The summed E-state index contributed by atoms with van der Waals surface area (Å²) in [5.41, 5.74) is 9.84. The summed E-state index contributed by atoms with van der Waals surface area (Å²) in [5.74, 6) is 0.438. The zero-order valence-corrected chi connectivity index (χ0v) is 16.6. The van der Waals surface area contributed by atoms with Crippen LogP contribution in [0.4, 0.5) is 11.6 Å². The maximum Gasteiger partial charge on any atom is 0.255 e. The van der Waals surface area contributed by atoms with Gasteiger partial charge in [0.1, 0.15) is 0 Å². The van der Waals surface area contributed by atoms with E-state index in [-0.39, 0.29) is 11.3 Å². The van der Waals surface area contributed by atoms with Crippen molar-refractivity contribution in [2.24, 2.45) is 0 Å². The van der Waals surface area contributed by atoms with Gasteiger partial charge in [-0.15, -0.1) is 0 Å². The number of nitrogens with zero attached hydrogens (tertiary/aromatic N) is 4. The Morgan fingerprint density at radius 3 is 2.83 bits per heavy atom. The Balaban J connectivity index is 1.43. The Kier molecular flexibility index (Phi) is 4.62. The molecule has 1 amide bonds. The molecule has 1 aromatic carbocycles. The third-order valence-electron chi connectivity index (χ3n) is 6.61. The molecule has 1 aromatic heterocycles. The van der Waals surface area contributed by atoms with Crippen LogP contribution >= 0.6 is 0 Å². The number of aromatic nitrogens is 2. The minimum atomic E-state index is -0.0891. The second-order valence-corrected chi connectivity index (χ2v) is 8.33. The first-order valence-corrected chi connectivity index (χ1v) is 10.5. The number of nitrogen functional groups attached to an aromatic ring is 1. The lowest BCUT2D eigenvalue weighted by Gasteiger charge is -2.41. The van der Waals surface area contributed by atoms with Crippen LogP contribution in [0.5, 0.6) is 0 Å². The van der Waals surface area contributed by atoms with E-state index >= 15 is 0 Å². The molecule has 7 nitrogen and oxygen atoms in total. The number of likely N-dealkylation sites (tertiary alicyclic amines) is 1. The van der Waals surface area contributed by atoms with Gasteiger partial charge in [0.2, 0.25) is 5.95 Å². The number of benzene rings is 1. The molecule has 1 unspecified atom stereocenters. The molecule has 3 heterocycles. The highest BCUT2D eigenvalue weighted by Gasteiger charge is 2.45. The summed E-state index contributed by atoms with van der Waals surface area (Å²) in [6, 6.07) is 7.97. The average Bonchev–Trinajstić information content (AvgIpc) is 3.11. The molecule has 1 aliphatic carbocycles. The number of hydrogen-bond acceptors (Lipinski definition) is 6. The largest absolute Gasteiger partial charge is 0.378 e. The molecule has 2 saturated heterocycles. The van der Waals surface area contributed by atoms with E-state index in [1.54, 1.807) is 0 Å². The molecule has 7 heteroatoms. The number of carbonyl (C=O) groups excluding carboxylic acids is 1. The van der Waals surface area contributed by atoms with Crippen molar-refractivity contribution in [3.8, 4) is 0 Å². The second kappa shape index (κ2) is 7.30. The highest BCUT2D eigenvalue weighted by Crippen LogP contribution is 2.44. The summed E-state index contributed by atoms with van der Waals surface area (Å²) in [7, 11) is 0. The number of anilines is 2. The van der Waals surface area contributed by atoms with Crippen molar-refractivity contribution in [2.75, 3.05) is 50.0 Å². The number of ether oxygens (including phenoxy) is 1. The van der Waals surface area contributed by atoms with Crippen LogP contribution in [-0.2, 0) is 16.6 Å². The van der Waals surface area contributed by atoms with E-state index in [9.17, 15) is 4.79 Å². The molecule has 5 rings (SSSR count). The predicted molar refractivity (Wildman–Crippen MR) is 111 cm³/mol. The lowest BCUT2D eigenvalue weighted by Crippen LogP contribution is -2.48. The monoisotopic (exact) mass is 393 g/mol. The Hall–Kier alpha value is -2.67. The third-order valence-corrected chi connectivity index (χ3v) is 6.61. The predicted octanol–water partition coefficient (Wildman–Crippen LogP) is 2.02. The normalized spacial score (nSPS) is 24.0. The number of aryl methyl sites for hydroxylation is 1. The molecule has 2 aromatic rings. The first-order valence-electron chi connectivity index (χ1n) is 10.5. The Morgan fingerprint density at radius 2 is 1.97 bits per heavy atom. The van der Waals surface area contributed by atoms with E-state index in [0.717, 1.165) is 62.3 Å². The lowest BCUT2D eigenvalue weighted by molar-refractivity contribution is 0.0633. The molecule has 0 saturated carbocycles. The van der Waals surface area contributed by atoms with Crippen LogP contribution in [0.25, 0.3) is 0 Å². The van der Waals surface area contributed by atoms with Gasteiger partial charge in [0.15, 0.2) is 0 Å². The van der Waals surface area contributed by atoms with Gasteiger partial charge in [-0.25, -0.2) is 9.97 Å². The van der Waals surface area contributed by atoms with Gasteiger partial charge in [0.05, 0.1) is 24.5 Å². The second-order valence-electron chi connectivity index (χ2n) is 8.33. The molecule has 0 radical (unpaired) electrons. The van der Waals surface area contributed by atoms with Crippen molar-refractivity contribution in [1.82, 2.24) is 14.9 Å². The summed E-state index contributed by atoms with van der Waals surface area (Å²) in [4.78, 5) is 26.6. The highest BCUT2D eigenvalue weighted by atomic mass is 16.5. The fourth-order valence-electron chi connectivity index (χ4n) is 5.16. The standard InChI is InChI=1S/C22H27N5O2/c23-21-24-14-16-6-8-22(19(16)25-21)7-3-9-27(15-22)20(28)17-4-1-2-5-18(17)26-10-12-29-13-11-26/h1-2,4-5,14H,3,6-13,15H2,(H2,23,24,25). The smallest absolute Gasteiger partial charge is 0.255 e. The van der Waals surface area contributed by atoms with Gasteiger partial charge in [0, 0.05) is 43.5 Å². The summed E-state index contributed by atoms with van der Waals surface area (Å²) >= 11 is 0. The maximum absolute atomic E-state index is 13.6. The Bertz CT molecular complexity index is 923. The fourth-order valence-corrected chi connectivity index (χ4v) is 5.16. The molecular formula is C22H27N5O2. The molecule has 29 heavy (non-hydrogen) atoms. The Morgan fingerprint density at radius 1 is 1.14 bits per heavy atom. The van der Waals surface area contributed by atoms with Gasteiger partial charge in [-0.2, -0.15) is 0 Å². The van der Waals surface area contributed by atoms with Gasteiger partial charge in [0.25, 0.3) is 5.91 Å². The van der Waals surface area contributed by atoms with E-state index in [4.69, 9.17) is 10.5 Å². The van der Waals surface area contributed by atoms with Gasteiger partial charge >= 0.3 is 0 Å². The van der Waals surface area contributed by atoms with E-state index in [1.807, 2.05) is 29.3 Å². The minimum absolute atomic E-state index is 0.0891. The number of piperidine rings is 1. The lowest BCUT2D eigenvalue weighted by atomic mass is 9.77. The molecule has 3 aliphatic rings. The van der Waals surface area contributed by atoms with Crippen LogP contribution in [-0.4, -0.2) is 60.2 Å². The van der Waals surface area contributed by atoms with Crippen molar-refractivity contribution >= 4 is 17.5 Å². The van der Waals surface area contributed by atoms with Crippen LogP contribution in [0.3, 0.4) is 0 Å². The van der Waals surface area contributed by atoms with Crippen LogP contribution in [0.1, 0.15) is 40.9 Å². The minimum Gasteiger partial charge on any atom is -0.378 e. The SMILES string of the molecule is Nc1ncc2c(n1)C1(CCCN(C(=O)c3ccccc3N3CCOCC3)C1)CC2. The van der Waals surface area contributed by atoms with Gasteiger partial charge in [-0.1, -0.05) is 12.1 Å². The summed E-state index contributed by atoms with van der Waals surface area (Å²) < 4.78 is 5.48. The molecule has 1 atom stereocenters. The zero-order valence-electron chi connectivity index (χ0n) is 16.6. The van der Waals surface area contributed by atoms with Crippen molar-refractivity contribution in [3.05, 3.63) is 47.3 Å². The number of rotatable bonds is 2. The number of amides is 1. The molecular weight excluding hydrogens is 366 g/mol. The molecule has 2 aliphatic heterocycles. The number of hydrogen-bond donors (Lipinski definition) is 1. The van der Waals surface area contributed by atoms with Gasteiger partial charge in [-0.3, -0.25) is 4.79 Å². The highest BCUT2D eigenvalue weighted by molar-refractivity contribution is 6.00. The van der Waals surface area contributed by atoms with Crippen molar-refractivity contribution < 1.29 is 9.53 Å². The van der Waals surface area contributed by atoms with E-state index < -0.39 is 0 Å². The molecule has 0 bridgehead atoms. The number of para-hydroxylation sites is 1. The average molecular weight is 393 g/mol. The third kappa shape index (κ3) is 3.23. The number of fused-ring (bicyclic) bond motifs is 2. The fraction of sp³-hybridized carbons (Fsp3) is 0.500. The quantitative estimate of drug-likeness (QED) is 0.840. The van der Waals surface area contributed by atoms with Gasteiger partial charge in [-0.05, 0) is 43.4 Å². The van der Waals surface area contributed by atoms with E-state index in [1.165, 1.54) is 5.56 Å². The first kappa shape index (κ1) is 18.4. The topological polar surface area (TPSA) is 84.6 Å². The molecule has 1 spiro atoms. The molecule has 2 N–H and O–H groups in total. The van der Waals surface area contributed by atoms with Crippen LogP contribution in [0.2, 0.25) is 0 Å². The first-order chi connectivity index (χ1) is 14.2. The number of carbonyl (C=O) groups is 1. The van der Waals surface area contributed by atoms with Gasteiger partial charge < -0.3 is 20.3 Å². The van der Waals surface area contributed by atoms with E-state index in [0.29, 0.717) is 25.7 Å². The number of nitrogens with two attached hydrogens (primary N) is 1. The van der Waals surface area contributed by atoms with Crippen LogP contribution in [0, 0.1) is 0 Å². The maximum atomic E-state index is 13.6. The van der Waals surface area contributed by atoms with Crippen molar-refractivity contribution in [3.63, 3.8) is 0 Å². The molecule has 152 valence electrons. The van der Waals surface area contributed by atoms with E-state index in [2.05, 4.69) is 20.9 Å². The number of morpholine rings is 1. The summed E-state index contributed by atoms with van der Waals surface area (Å²) in [6.45, 7) is 4.52. The van der Waals surface area contributed by atoms with Crippen molar-refractivity contribution in [1.29, 1.82) is 0 Å². The van der Waals surface area contributed by atoms with Crippen LogP contribution < -0.4 is 10.6 Å². The summed E-state index contributed by atoms with van der Waals surface area (Å²) in [6.07, 6.45) is 5.86. The summed E-state index contributed by atoms with van der Waals surface area (Å²) in [5, 5.41) is 0. The Labute approximate surface area is 170 Å². The van der Waals surface area contributed by atoms with Crippen molar-refractivity contribution in [2.45, 2.75) is 31.1 Å². The van der Waals surface area contributed by atoms with Crippen LogP contribution in [0.15, 0.2) is 30.5 Å². The molecule has 2 fully saturated rings. The zero-order chi connectivity index (χ0) is 19.8.